The molecule has 4 unspecified atom stereocenters. The van der Waals surface area contributed by atoms with Crippen molar-refractivity contribution in [3.8, 4) is 0 Å². The molecule has 0 radical (unpaired) electrons. The number of aliphatic hydroxyl groups is 1. The summed E-state index contributed by atoms with van der Waals surface area (Å²) in [4.78, 5) is 27.6. The lowest BCUT2D eigenvalue weighted by molar-refractivity contribution is -0.127. The first-order chi connectivity index (χ1) is 17.4. The number of piperidine rings is 1. The molecule has 6 atom stereocenters. The third-order valence-electron chi connectivity index (χ3n) is 9.14. The van der Waals surface area contributed by atoms with Gasteiger partial charge in [0.25, 0.3) is 0 Å². The number of urea groups is 1. The van der Waals surface area contributed by atoms with E-state index in [0.29, 0.717) is 29.8 Å². The van der Waals surface area contributed by atoms with E-state index < -0.39 is 11.9 Å². The fraction of sp³-hybridized carbons (Fsp3) is 0.724. The second kappa shape index (κ2) is 9.84. The van der Waals surface area contributed by atoms with Crippen LogP contribution in [0.3, 0.4) is 0 Å². The van der Waals surface area contributed by atoms with Gasteiger partial charge in [0.1, 0.15) is 5.82 Å². The van der Waals surface area contributed by atoms with Crippen molar-refractivity contribution in [1.82, 2.24) is 15.5 Å². The molecule has 4 N–H and O–H groups in total. The van der Waals surface area contributed by atoms with Crippen LogP contribution >= 0.6 is 0 Å². The fourth-order valence-electron chi connectivity index (χ4n) is 8.80. The summed E-state index contributed by atoms with van der Waals surface area (Å²) >= 11 is 0. The highest BCUT2D eigenvalue weighted by Crippen LogP contribution is 2.66. The zero-order valence-corrected chi connectivity index (χ0v) is 22.5. The van der Waals surface area contributed by atoms with Crippen LogP contribution in [0.15, 0.2) is 18.2 Å². The summed E-state index contributed by atoms with van der Waals surface area (Å²) in [7, 11) is 0. The molecule has 6 rings (SSSR count). The first-order valence-electron chi connectivity index (χ1n) is 14.0. The van der Waals surface area contributed by atoms with Crippen molar-refractivity contribution in [2.75, 3.05) is 25.0 Å². The number of likely N-dealkylation sites (tertiary alicyclic amines) is 1. The Morgan fingerprint density at radius 3 is 2.54 bits per heavy atom. The number of anilines is 1. The minimum atomic E-state index is -0.570. The Kier molecular flexibility index (Phi) is 7.03. The molecule has 0 spiro atoms. The summed E-state index contributed by atoms with van der Waals surface area (Å²) in [5, 5.41) is 18.3. The Balaban J connectivity index is 1.16. The van der Waals surface area contributed by atoms with Gasteiger partial charge in [-0.2, -0.15) is 0 Å². The Labute approximate surface area is 219 Å². The van der Waals surface area contributed by atoms with Gasteiger partial charge in [0.2, 0.25) is 5.91 Å². The van der Waals surface area contributed by atoms with Crippen LogP contribution in [0.5, 0.6) is 0 Å². The van der Waals surface area contributed by atoms with E-state index in [1.807, 2.05) is 6.07 Å². The number of carbonyl (C=O) groups excluding carboxylic acids is 2. The summed E-state index contributed by atoms with van der Waals surface area (Å²) in [6, 6.07) is 4.66. The summed E-state index contributed by atoms with van der Waals surface area (Å²) in [6.07, 6.45) is 7.94. The molecule has 1 aromatic rings. The third kappa shape index (κ3) is 5.95. The Morgan fingerprint density at radius 2 is 1.89 bits per heavy atom. The maximum Gasteiger partial charge on any atom is 0.319 e. The standard InChI is InChI=1S/C29H43FN4O3/c1-19(35)13-31-25(36)22-5-4-8-34(15-22)14-20-6-7-24(23(30)9-20)32-26(37)33-29-12-21-10-27(2,17-29)16-28(3,11-21)18-29/h6-7,9,19,21-22,35H,4-5,8,10-18H2,1-3H3,(H,31,36)(H2,32,33,37)/t19?,21?,22?,27-,28+,29?. The Hall–Kier alpha value is -2.19. The predicted octanol–water partition coefficient (Wildman–Crippen LogP) is 4.41. The molecule has 4 aliphatic carbocycles. The number of rotatable bonds is 7. The summed E-state index contributed by atoms with van der Waals surface area (Å²) in [5.74, 6) is 0.0574. The third-order valence-corrected chi connectivity index (χ3v) is 9.14. The smallest absolute Gasteiger partial charge is 0.319 e. The number of aliphatic hydroxyl groups excluding tert-OH is 1. The highest BCUT2D eigenvalue weighted by Gasteiger charge is 2.60. The maximum absolute atomic E-state index is 15.0. The van der Waals surface area contributed by atoms with E-state index in [1.165, 1.54) is 25.3 Å². The van der Waals surface area contributed by atoms with Crippen LogP contribution in [0.4, 0.5) is 14.9 Å². The van der Waals surface area contributed by atoms with Gasteiger partial charge in [-0.1, -0.05) is 19.9 Å². The first-order valence-corrected chi connectivity index (χ1v) is 14.0. The van der Waals surface area contributed by atoms with Gasteiger partial charge in [-0.05, 0) is 99.3 Å². The van der Waals surface area contributed by atoms with E-state index in [2.05, 4.69) is 34.7 Å². The highest BCUT2D eigenvalue weighted by molar-refractivity contribution is 5.90. The molecule has 0 aromatic heterocycles. The molecular weight excluding hydrogens is 471 g/mol. The topological polar surface area (TPSA) is 93.7 Å². The van der Waals surface area contributed by atoms with Gasteiger partial charge in [-0.25, -0.2) is 9.18 Å². The van der Waals surface area contributed by atoms with Crippen molar-refractivity contribution < 1.29 is 19.1 Å². The lowest BCUT2D eigenvalue weighted by Crippen LogP contribution is -2.65. The van der Waals surface area contributed by atoms with Gasteiger partial charge < -0.3 is 21.1 Å². The Bertz CT molecular complexity index is 1030. The lowest BCUT2D eigenvalue weighted by Gasteiger charge is -2.65. The number of benzene rings is 1. The van der Waals surface area contributed by atoms with Crippen LogP contribution in [0.1, 0.15) is 77.7 Å². The second-order valence-electron chi connectivity index (χ2n) is 13.5. The van der Waals surface area contributed by atoms with Gasteiger partial charge in [-0.15, -0.1) is 0 Å². The molecule has 204 valence electrons. The fourth-order valence-corrected chi connectivity index (χ4v) is 8.80. The van der Waals surface area contributed by atoms with Crippen molar-refractivity contribution in [3.05, 3.63) is 29.6 Å². The zero-order chi connectivity index (χ0) is 26.4. The van der Waals surface area contributed by atoms with Crippen LogP contribution in [0.2, 0.25) is 0 Å². The molecule has 1 aliphatic heterocycles. The minimum absolute atomic E-state index is 0.0376. The molecule has 1 saturated heterocycles. The quantitative estimate of drug-likeness (QED) is 0.434. The maximum atomic E-state index is 15.0. The van der Waals surface area contributed by atoms with E-state index in [-0.39, 0.29) is 35.6 Å². The van der Waals surface area contributed by atoms with Gasteiger partial charge >= 0.3 is 6.03 Å². The molecular formula is C29H43FN4O3. The van der Waals surface area contributed by atoms with E-state index in [4.69, 9.17) is 0 Å². The molecule has 5 fully saturated rings. The van der Waals surface area contributed by atoms with E-state index in [0.717, 1.165) is 44.2 Å². The molecule has 4 bridgehead atoms. The SMILES string of the molecule is CC(O)CNC(=O)C1CCCN(Cc2ccc(NC(=O)NC34CC5C[C@@](C)(C3)C[C@](C)(C5)C4)c(F)c2)C1. The van der Waals surface area contributed by atoms with Crippen molar-refractivity contribution in [2.45, 2.75) is 90.3 Å². The van der Waals surface area contributed by atoms with Crippen molar-refractivity contribution in [1.29, 1.82) is 0 Å². The zero-order valence-electron chi connectivity index (χ0n) is 22.5. The van der Waals surface area contributed by atoms with Crippen molar-refractivity contribution in [2.24, 2.45) is 22.7 Å². The minimum Gasteiger partial charge on any atom is -0.392 e. The summed E-state index contributed by atoms with van der Waals surface area (Å²) in [5.41, 5.74) is 1.41. The average Bonchev–Trinajstić information content (AvgIpc) is 2.76. The molecule has 37 heavy (non-hydrogen) atoms. The Morgan fingerprint density at radius 1 is 1.16 bits per heavy atom. The predicted molar refractivity (Wildman–Crippen MR) is 141 cm³/mol. The largest absolute Gasteiger partial charge is 0.392 e. The normalized spacial score (nSPS) is 35.7. The number of nitrogens with zero attached hydrogens (tertiary/aromatic N) is 1. The number of hydrogen-bond acceptors (Lipinski definition) is 4. The van der Waals surface area contributed by atoms with Crippen LogP contribution in [0, 0.1) is 28.5 Å². The van der Waals surface area contributed by atoms with E-state index in [1.54, 1.807) is 13.0 Å². The summed E-state index contributed by atoms with van der Waals surface area (Å²) in [6.45, 7) is 8.65. The number of halogens is 1. The molecule has 1 aromatic carbocycles. The van der Waals surface area contributed by atoms with E-state index >= 15 is 4.39 Å². The molecule has 5 aliphatic rings. The molecule has 1 heterocycles. The van der Waals surface area contributed by atoms with Gasteiger partial charge in [0.05, 0.1) is 17.7 Å². The summed E-state index contributed by atoms with van der Waals surface area (Å²) < 4.78 is 15.0. The van der Waals surface area contributed by atoms with Crippen LogP contribution in [-0.2, 0) is 11.3 Å². The van der Waals surface area contributed by atoms with Crippen LogP contribution in [0.25, 0.3) is 0 Å². The van der Waals surface area contributed by atoms with Crippen molar-refractivity contribution in [3.63, 3.8) is 0 Å². The van der Waals surface area contributed by atoms with Gasteiger partial charge in [0.15, 0.2) is 0 Å². The average molecular weight is 515 g/mol. The molecule has 8 heteroatoms. The number of nitrogens with one attached hydrogen (secondary N) is 3. The number of hydrogen-bond donors (Lipinski definition) is 4. The molecule has 3 amide bonds. The lowest BCUT2D eigenvalue weighted by atomic mass is 9.43. The van der Waals surface area contributed by atoms with Crippen LogP contribution < -0.4 is 16.0 Å². The number of amides is 3. The van der Waals surface area contributed by atoms with Gasteiger partial charge in [-0.3, -0.25) is 9.69 Å². The first kappa shape index (κ1) is 26.4. The highest BCUT2D eigenvalue weighted by atomic mass is 19.1. The monoisotopic (exact) mass is 514 g/mol. The number of carbonyl (C=O) groups is 2. The van der Waals surface area contributed by atoms with E-state index in [9.17, 15) is 14.7 Å². The molecule has 7 nitrogen and oxygen atoms in total. The second-order valence-corrected chi connectivity index (χ2v) is 13.5. The van der Waals surface area contributed by atoms with Crippen LogP contribution in [-0.4, -0.2) is 53.2 Å². The molecule has 4 saturated carbocycles. The van der Waals surface area contributed by atoms with Crippen molar-refractivity contribution >= 4 is 17.6 Å². The van der Waals surface area contributed by atoms with Gasteiger partial charge in [0, 0.05) is 25.2 Å².